The highest BCUT2D eigenvalue weighted by Crippen LogP contribution is 2.34. The van der Waals surface area contributed by atoms with Gasteiger partial charge in [-0.3, -0.25) is 0 Å². The summed E-state index contributed by atoms with van der Waals surface area (Å²) in [5.41, 5.74) is 0. The van der Waals surface area contributed by atoms with Crippen LogP contribution in [-0.2, 0) is 6.42 Å². The standard InChI is InChI=1S/C13H19N3O/c1-10-5-7-11(8-6-10)13-15-12(17-16-13)4-2-3-9-14/h10-11H,2-8H2,1H3. The lowest BCUT2D eigenvalue weighted by Crippen LogP contribution is -2.12. The molecule has 1 heterocycles. The smallest absolute Gasteiger partial charge is 0.226 e. The fourth-order valence-electron chi connectivity index (χ4n) is 2.37. The molecule has 92 valence electrons. The molecule has 0 atom stereocenters. The van der Waals surface area contributed by atoms with Gasteiger partial charge in [-0.25, -0.2) is 0 Å². The highest BCUT2D eigenvalue weighted by molar-refractivity contribution is 4.97. The number of hydrogen-bond acceptors (Lipinski definition) is 4. The molecule has 1 aliphatic carbocycles. The zero-order valence-electron chi connectivity index (χ0n) is 10.4. The van der Waals surface area contributed by atoms with Crippen LogP contribution in [0.25, 0.3) is 0 Å². The lowest BCUT2D eigenvalue weighted by molar-refractivity contribution is 0.323. The van der Waals surface area contributed by atoms with E-state index >= 15 is 0 Å². The summed E-state index contributed by atoms with van der Waals surface area (Å²) in [6.07, 6.45) is 6.98. The van der Waals surface area contributed by atoms with E-state index < -0.39 is 0 Å². The summed E-state index contributed by atoms with van der Waals surface area (Å²) in [7, 11) is 0. The summed E-state index contributed by atoms with van der Waals surface area (Å²) < 4.78 is 5.22. The Morgan fingerprint density at radius 1 is 1.35 bits per heavy atom. The van der Waals surface area contributed by atoms with Crippen LogP contribution in [0.2, 0.25) is 0 Å². The van der Waals surface area contributed by atoms with E-state index in [1.165, 1.54) is 25.7 Å². The summed E-state index contributed by atoms with van der Waals surface area (Å²) in [6.45, 7) is 2.31. The van der Waals surface area contributed by atoms with Gasteiger partial charge < -0.3 is 4.52 Å². The molecule has 0 aromatic carbocycles. The number of unbranched alkanes of at least 4 members (excludes halogenated alkanes) is 1. The minimum Gasteiger partial charge on any atom is -0.339 e. The average Bonchev–Trinajstić information content (AvgIpc) is 2.79. The van der Waals surface area contributed by atoms with E-state index in [1.54, 1.807) is 0 Å². The first-order valence-corrected chi connectivity index (χ1v) is 6.49. The van der Waals surface area contributed by atoms with Crippen molar-refractivity contribution in [2.75, 3.05) is 0 Å². The molecule has 17 heavy (non-hydrogen) atoms. The summed E-state index contributed by atoms with van der Waals surface area (Å²) in [6, 6.07) is 2.12. The quantitative estimate of drug-likeness (QED) is 0.749. The van der Waals surface area contributed by atoms with E-state index in [-0.39, 0.29) is 0 Å². The maximum Gasteiger partial charge on any atom is 0.226 e. The Balaban J connectivity index is 1.87. The van der Waals surface area contributed by atoms with Crippen molar-refractivity contribution in [3.05, 3.63) is 11.7 Å². The highest BCUT2D eigenvalue weighted by Gasteiger charge is 2.23. The Morgan fingerprint density at radius 3 is 2.82 bits per heavy atom. The van der Waals surface area contributed by atoms with Crippen LogP contribution >= 0.6 is 0 Å². The molecule has 1 aromatic heterocycles. The number of hydrogen-bond donors (Lipinski definition) is 0. The van der Waals surface area contributed by atoms with Crippen LogP contribution < -0.4 is 0 Å². The number of nitriles is 1. The molecule has 0 N–H and O–H groups in total. The fourth-order valence-corrected chi connectivity index (χ4v) is 2.37. The van der Waals surface area contributed by atoms with Crippen molar-refractivity contribution < 1.29 is 4.52 Å². The molecule has 0 amide bonds. The van der Waals surface area contributed by atoms with E-state index in [2.05, 4.69) is 23.1 Å². The van der Waals surface area contributed by atoms with Crippen LogP contribution in [0.4, 0.5) is 0 Å². The first-order valence-electron chi connectivity index (χ1n) is 6.49. The van der Waals surface area contributed by atoms with Gasteiger partial charge in [0, 0.05) is 18.8 Å². The molecule has 4 heteroatoms. The van der Waals surface area contributed by atoms with Gasteiger partial charge in [-0.2, -0.15) is 10.2 Å². The van der Waals surface area contributed by atoms with Gasteiger partial charge in [0.15, 0.2) is 5.82 Å². The minimum atomic E-state index is 0.486. The van der Waals surface area contributed by atoms with Gasteiger partial charge in [0.2, 0.25) is 5.89 Å². The number of aromatic nitrogens is 2. The first-order chi connectivity index (χ1) is 8.29. The lowest BCUT2D eigenvalue weighted by atomic mass is 9.83. The van der Waals surface area contributed by atoms with Crippen molar-refractivity contribution in [2.24, 2.45) is 5.92 Å². The third-order valence-electron chi connectivity index (χ3n) is 3.54. The van der Waals surface area contributed by atoms with Gasteiger partial charge in [-0.15, -0.1) is 0 Å². The molecule has 0 spiro atoms. The molecule has 0 bridgehead atoms. The molecule has 4 nitrogen and oxygen atoms in total. The second-order valence-corrected chi connectivity index (χ2v) is 5.01. The van der Waals surface area contributed by atoms with Gasteiger partial charge in [-0.05, 0) is 25.2 Å². The zero-order valence-corrected chi connectivity index (χ0v) is 10.4. The van der Waals surface area contributed by atoms with Crippen molar-refractivity contribution >= 4 is 0 Å². The SMILES string of the molecule is CC1CCC(c2noc(CCCC#N)n2)CC1. The fraction of sp³-hybridized carbons (Fsp3) is 0.769. The second kappa shape index (κ2) is 5.81. The molecule has 0 radical (unpaired) electrons. The Labute approximate surface area is 102 Å². The monoisotopic (exact) mass is 233 g/mol. The summed E-state index contributed by atoms with van der Waals surface area (Å²) >= 11 is 0. The van der Waals surface area contributed by atoms with Crippen LogP contribution in [0, 0.1) is 17.2 Å². The van der Waals surface area contributed by atoms with Crippen molar-refractivity contribution in [3.8, 4) is 6.07 Å². The van der Waals surface area contributed by atoms with Crippen molar-refractivity contribution in [1.82, 2.24) is 10.1 Å². The van der Waals surface area contributed by atoms with Gasteiger partial charge in [-0.1, -0.05) is 24.9 Å². The van der Waals surface area contributed by atoms with Gasteiger partial charge in [0.1, 0.15) is 0 Å². The molecular formula is C13H19N3O. The van der Waals surface area contributed by atoms with Gasteiger partial charge in [0.05, 0.1) is 6.07 Å². The van der Waals surface area contributed by atoms with Crippen LogP contribution in [-0.4, -0.2) is 10.1 Å². The molecule has 0 unspecified atom stereocenters. The largest absolute Gasteiger partial charge is 0.339 e. The predicted molar refractivity (Wildman–Crippen MR) is 63.2 cm³/mol. The molecule has 2 rings (SSSR count). The Kier molecular flexibility index (Phi) is 4.13. The van der Waals surface area contributed by atoms with Gasteiger partial charge >= 0.3 is 0 Å². The third-order valence-corrected chi connectivity index (χ3v) is 3.54. The maximum atomic E-state index is 8.46. The van der Waals surface area contributed by atoms with E-state index in [0.29, 0.717) is 18.2 Å². The summed E-state index contributed by atoms with van der Waals surface area (Å²) in [5, 5.41) is 12.5. The molecule has 0 saturated heterocycles. The average molecular weight is 233 g/mol. The Morgan fingerprint density at radius 2 is 2.12 bits per heavy atom. The molecule has 1 aliphatic rings. The zero-order chi connectivity index (χ0) is 12.1. The molecule has 0 aliphatic heterocycles. The summed E-state index contributed by atoms with van der Waals surface area (Å²) in [4.78, 5) is 4.44. The molecule has 1 fully saturated rings. The van der Waals surface area contributed by atoms with E-state index in [9.17, 15) is 0 Å². The topological polar surface area (TPSA) is 62.7 Å². The first kappa shape index (κ1) is 12.1. The maximum absolute atomic E-state index is 8.46. The van der Waals surface area contributed by atoms with Crippen LogP contribution in [0.5, 0.6) is 0 Å². The van der Waals surface area contributed by atoms with Crippen molar-refractivity contribution in [1.29, 1.82) is 5.26 Å². The van der Waals surface area contributed by atoms with Crippen LogP contribution in [0.15, 0.2) is 4.52 Å². The van der Waals surface area contributed by atoms with Crippen LogP contribution in [0.3, 0.4) is 0 Å². The lowest BCUT2D eigenvalue weighted by Gasteiger charge is -2.23. The third kappa shape index (κ3) is 3.29. The molecular weight excluding hydrogens is 214 g/mol. The number of aryl methyl sites for hydroxylation is 1. The second-order valence-electron chi connectivity index (χ2n) is 5.01. The van der Waals surface area contributed by atoms with E-state index in [4.69, 9.17) is 9.78 Å². The number of rotatable bonds is 4. The van der Waals surface area contributed by atoms with E-state index in [0.717, 1.165) is 24.6 Å². The van der Waals surface area contributed by atoms with Crippen LogP contribution in [0.1, 0.15) is 63.1 Å². The van der Waals surface area contributed by atoms with Crippen molar-refractivity contribution in [2.45, 2.75) is 57.8 Å². The Hall–Kier alpha value is -1.37. The predicted octanol–water partition coefficient (Wildman–Crippen LogP) is 3.21. The normalized spacial score (nSPS) is 24.5. The number of nitrogens with zero attached hydrogens (tertiary/aromatic N) is 3. The minimum absolute atomic E-state index is 0.486. The van der Waals surface area contributed by atoms with Crippen molar-refractivity contribution in [3.63, 3.8) is 0 Å². The molecule has 1 aromatic rings. The summed E-state index contributed by atoms with van der Waals surface area (Å²) in [5.74, 6) is 2.89. The van der Waals surface area contributed by atoms with E-state index in [1.807, 2.05) is 0 Å². The Bertz CT molecular complexity index is 386. The molecule has 1 saturated carbocycles. The highest BCUT2D eigenvalue weighted by atomic mass is 16.5. The van der Waals surface area contributed by atoms with Gasteiger partial charge in [0.25, 0.3) is 0 Å².